The van der Waals surface area contributed by atoms with E-state index in [1.54, 1.807) is 36.4 Å². The Morgan fingerprint density at radius 2 is 1.29 bits per heavy atom. The van der Waals surface area contributed by atoms with Gasteiger partial charge in [0.05, 0.1) is 6.54 Å². The molecule has 4 aromatic carbocycles. The Morgan fingerprint density at radius 3 is 2.00 bits per heavy atom. The Kier molecular flexibility index (Phi) is 7.54. The molecule has 0 spiro atoms. The van der Waals surface area contributed by atoms with Crippen molar-refractivity contribution in [2.24, 2.45) is 0 Å². The van der Waals surface area contributed by atoms with Gasteiger partial charge in [-0.25, -0.2) is 0 Å². The maximum atomic E-state index is 12.4. The van der Waals surface area contributed by atoms with Gasteiger partial charge in [0, 0.05) is 22.6 Å². The summed E-state index contributed by atoms with van der Waals surface area (Å²) in [5, 5.41) is 8.77. The third kappa shape index (κ3) is 6.71. The van der Waals surface area contributed by atoms with Crippen molar-refractivity contribution in [3.05, 3.63) is 120 Å². The van der Waals surface area contributed by atoms with Gasteiger partial charge in [-0.15, -0.1) is 0 Å². The van der Waals surface area contributed by atoms with Crippen LogP contribution >= 0.6 is 0 Å². The van der Waals surface area contributed by atoms with E-state index >= 15 is 0 Å². The second kappa shape index (κ2) is 11.3. The molecule has 6 heteroatoms. The summed E-state index contributed by atoms with van der Waals surface area (Å²) in [5.41, 5.74) is 3.68. The average Bonchev–Trinajstić information content (AvgIpc) is 2.88. The Hall–Kier alpha value is -4.58. The Balaban J connectivity index is 1.24. The molecule has 0 saturated carbocycles. The number of benzene rings is 4. The van der Waals surface area contributed by atoms with Crippen LogP contribution in [0.3, 0.4) is 0 Å². The largest absolute Gasteiger partial charge is 0.489 e. The zero-order valence-corrected chi connectivity index (χ0v) is 18.5. The van der Waals surface area contributed by atoms with Crippen molar-refractivity contribution >= 4 is 28.9 Å². The van der Waals surface area contributed by atoms with Crippen LogP contribution in [-0.2, 0) is 11.4 Å². The highest BCUT2D eigenvalue weighted by atomic mass is 16.5. The number of nitrogens with one attached hydrogen (secondary N) is 3. The lowest BCUT2D eigenvalue weighted by atomic mass is 10.2. The number of amides is 2. The first-order valence-electron chi connectivity index (χ1n) is 10.9. The third-order valence-corrected chi connectivity index (χ3v) is 5.00. The summed E-state index contributed by atoms with van der Waals surface area (Å²) in [6.45, 7) is 0.603. The fourth-order valence-corrected chi connectivity index (χ4v) is 3.26. The molecular weight excluding hydrogens is 426 g/mol. The van der Waals surface area contributed by atoms with Gasteiger partial charge < -0.3 is 20.7 Å². The van der Waals surface area contributed by atoms with Crippen LogP contribution in [0.4, 0.5) is 17.1 Å². The van der Waals surface area contributed by atoms with Gasteiger partial charge in [0.2, 0.25) is 5.91 Å². The second-order valence-electron chi connectivity index (χ2n) is 7.60. The highest BCUT2D eigenvalue weighted by molar-refractivity contribution is 6.04. The zero-order valence-electron chi connectivity index (χ0n) is 18.5. The fraction of sp³-hybridized carbons (Fsp3) is 0.0714. The van der Waals surface area contributed by atoms with Crippen molar-refractivity contribution in [1.82, 2.24) is 0 Å². The number of hydrogen-bond donors (Lipinski definition) is 3. The maximum Gasteiger partial charge on any atom is 0.255 e. The van der Waals surface area contributed by atoms with Gasteiger partial charge in [-0.1, -0.05) is 54.6 Å². The molecule has 0 radical (unpaired) electrons. The minimum atomic E-state index is -0.207. The molecule has 0 unspecified atom stereocenters. The first-order chi connectivity index (χ1) is 16.7. The summed E-state index contributed by atoms with van der Waals surface area (Å²) in [7, 11) is 0. The molecule has 0 saturated heterocycles. The predicted octanol–water partition coefficient (Wildman–Crippen LogP) is 5.57. The van der Waals surface area contributed by atoms with Crippen LogP contribution < -0.4 is 20.7 Å². The summed E-state index contributed by atoms with van der Waals surface area (Å²) in [6.07, 6.45) is 0. The molecule has 6 nitrogen and oxygen atoms in total. The van der Waals surface area contributed by atoms with E-state index in [9.17, 15) is 9.59 Å². The summed E-state index contributed by atoms with van der Waals surface area (Å²) >= 11 is 0. The summed E-state index contributed by atoms with van der Waals surface area (Å²) in [6, 6.07) is 33.4. The molecule has 3 N–H and O–H groups in total. The normalized spacial score (nSPS) is 10.2. The smallest absolute Gasteiger partial charge is 0.255 e. The number of hydrogen-bond acceptors (Lipinski definition) is 4. The lowest BCUT2D eigenvalue weighted by molar-refractivity contribution is -0.114. The van der Waals surface area contributed by atoms with Crippen molar-refractivity contribution in [2.75, 3.05) is 22.5 Å². The minimum Gasteiger partial charge on any atom is -0.489 e. The van der Waals surface area contributed by atoms with Crippen molar-refractivity contribution in [3.63, 3.8) is 0 Å². The lowest BCUT2D eigenvalue weighted by Gasteiger charge is -2.11. The van der Waals surface area contributed by atoms with Crippen LogP contribution in [0.25, 0.3) is 0 Å². The van der Waals surface area contributed by atoms with E-state index in [0.717, 1.165) is 17.0 Å². The van der Waals surface area contributed by atoms with Crippen LogP contribution in [0, 0.1) is 0 Å². The van der Waals surface area contributed by atoms with Gasteiger partial charge in [-0.2, -0.15) is 0 Å². The van der Waals surface area contributed by atoms with Gasteiger partial charge in [-0.3, -0.25) is 9.59 Å². The molecule has 0 aromatic heterocycles. The van der Waals surface area contributed by atoms with E-state index in [2.05, 4.69) is 16.0 Å². The zero-order chi connectivity index (χ0) is 23.6. The number of rotatable bonds is 9. The molecule has 4 rings (SSSR count). The molecule has 0 aliphatic carbocycles. The lowest BCUT2D eigenvalue weighted by Crippen LogP contribution is -2.21. The van der Waals surface area contributed by atoms with Crippen LogP contribution in [0.15, 0.2) is 109 Å². The van der Waals surface area contributed by atoms with Crippen LogP contribution in [0.5, 0.6) is 5.75 Å². The quantitative estimate of drug-likeness (QED) is 0.311. The van der Waals surface area contributed by atoms with E-state index in [1.165, 1.54) is 0 Å². The standard InChI is InChI=1S/C28H25N3O3/c32-27(19-29-23-14-16-26(17-15-23)34-20-21-8-3-1-4-9-21)30-24-12-7-13-25(18-24)31-28(33)22-10-5-2-6-11-22/h1-18,29H,19-20H2,(H,30,32)(H,31,33). The van der Waals surface area contributed by atoms with Crippen LogP contribution in [0.1, 0.15) is 15.9 Å². The van der Waals surface area contributed by atoms with Gasteiger partial charge in [0.15, 0.2) is 0 Å². The monoisotopic (exact) mass is 451 g/mol. The summed E-state index contributed by atoms with van der Waals surface area (Å²) < 4.78 is 5.78. The second-order valence-corrected chi connectivity index (χ2v) is 7.60. The maximum absolute atomic E-state index is 12.4. The van der Waals surface area contributed by atoms with E-state index in [1.807, 2.05) is 72.8 Å². The highest BCUT2D eigenvalue weighted by Crippen LogP contribution is 2.18. The third-order valence-electron chi connectivity index (χ3n) is 5.00. The topological polar surface area (TPSA) is 79.5 Å². The Morgan fingerprint density at radius 1 is 0.647 bits per heavy atom. The first-order valence-corrected chi connectivity index (χ1v) is 10.9. The van der Waals surface area contributed by atoms with Gasteiger partial charge in [0.1, 0.15) is 12.4 Å². The van der Waals surface area contributed by atoms with Gasteiger partial charge in [0.25, 0.3) is 5.91 Å². The number of carbonyl (C=O) groups is 2. The number of carbonyl (C=O) groups excluding carboxylic acids is 2. The van der Waals surface area contributed by atoms with E-state index in [-0.39, 0.29) is 18.4 Å². The molecule has 4 aromatic rings. The van der Waals surface area contributed by atoms with Crippen LogP contribution in [0.2, 0.25) is 0 Å². The van der Waals surface area contributed by atoms with E-state index < -0.39 is 0 Å². The molecule has 0 atom stereocenters. The molecular formula is C28H25N3O3. The summed E-state index contributed by atoms with van der Waals surface area (Å²) in [5.74, 6) is 0.353. The highest BCUT2D eigenvalue weighted by Gasteiger charge is 2.07. The molecule has 34 heavy (non-hydrogen) atoms. The van der Waals surface area contributed by atoms with Crippen molar-refractivity contribution in [3.8, 4) is 5.75 Å². The summed E-state index contributed by atoms with van der Waals surface area (Å²) in [4.78, 5) is 24.7. The molecule has 0 heterocycles. The van der Waals surface area contributed by atoms with Crippen LogP contribution in [-0.4, -0.2) is 18.4 Å². The minimum absolute atomic E-state index is 0.102. The van der Waals surface area contributed by atoms with Crippen molar-refractivity contribution in [1.29, 1.82) is 0 Å². The SMILES string of the molecule is O=C(CNc1ccc(OCc2ccccc2)cc1)Nc1cccc(NC(=O)c2ccccc2)c1. The van der Waals surface area contributed by atoms with E-state index in [0.29, 0.717) is 23.5 Å². The predicted molar refractivity (Wildman–Crippen MR) is 135 cm³/mol. The fourth-order valence-electron chi connectivity index (χ4n) is 3.26. The van der Waals surface area contributed by atoms with Gasteiger partial charge in [-0.05, 0) is 60.2 Å². The number of anilines is 3. The number of ether oxygens (including phenoxy) is 1. The molecule has 0 aliphatic heterocycles. The van der Waals surface area contributed by atoms with Crippen molar-refractivity contribution < 1.29 is 14.3 Å². The Bertz CT molecular complexity index is 1230. The van der Waals surface area contributed by atoms with Crippen molar-refractivity contribution in [2.45, 2.75) is 6.61 Å². The average molecular weight is 452 g/mol. The molecule has 0 bridgehead atoms. The van der Waals surface area contributed by atoms with E-state index in [4.69, 9.17) is 4.74 Å². The Labute approximate surface area is 198 Å². The molecule has 0 aliphatic rings. The molecule has 0 fully saturated rings. The van der Waals surface area contributed by atoms with Gasteiger partial charge >= 0.3 is 0 Å². The molecule has 2 amide bonds. The first kappa shape index (κ1) is 22.6. The molecule has 170 valence electrons.